The fourth-order valence-corrected chi connectivity index (χ4v) is 4.61. The zero-order valence-corrected chi connectivity index (χ0v) is 18.3. The van der Waals surface area contributed by atoms with Crippen LogP contribution in [0.5, 0.6) is 0 Å². The quantitative estimate of drug-likeness (QED) is 0.723. The zero-order valence-electron chi connectivity index (χ0n) is 18.3. The lowest BCUT2D eigenvalue weighted by molar-refractivity contribution is -0.141. The lowest BCUT2D eigenvalue weighted by Gasteiger charge is -2.25. The van der Waals surface area contributed by atoms with Gasteiger partial charge in [0.1, 0.15) is 6.61 Å². The molecule has 168 valence electrons. The number of rotatable bonds is 6. The lowest BCUT2D eigenvalue weighted by atomic mass is 9.98. The number of alkyl carbamates (subject to hydrolysis) is 1. The molecular weight excluding hydrogens is 408 g/mol. The Morgan fingerprint density at radius 2 is 1.66 bits per heavy atom. The molecule has 1 aliphatic heterocycles. The highest BCUT2D eigenvalue weighted by molar-refractivity contribution is 5.82. The van der Waals surface area contributed by atoms with E-state index >= 15 is 0 Å². The number of nitrogens with zero attached hydrogens (tertiary/aromatic N) is 1. The Bertz CT molecular complexity index is 991. The van der Waals surface area contributed by atoms with Gasteiger partial charge in [0.05, 0.1) is 11.8 Å². The molecule has 1 fully saturated rings. The van der Waals surface area contributed by atoms with E-state index in [2.05, 4.69) is 29.6 Å². The van der Waals surface area contributed by atoms with Crippen LogP contribution >= 0.6 is 0 Å². The minimum Gasteiger partial charge on any atom is -0.481 e. The van der Waals surface area contributed by atoms with E-state index in [0.29, 0.717) is 13.0 Å². The standard InChI is InChI=1S/C25H28N2O5/c1-15(23(28)27-12-11-17(13-27)24(29)30)16(2)26-25(31)32-14-22-20-9-5-3-7-18(20)19-8-4-6-10-21(19)22/h3-10,15-17,22H,11-14H2,1-2H3,(H,26,31)(H,29,30). The van der Waals surface area contributed by atoms with E-state index in [0.717, 1.165) is 22.3 Å². The topological polar surface area (TPSA) is 95.9 Å². The van der Waals surface area contributed by atoms with Gasteiger partial charge in [0.15, 0.2) is 0 Å². The zero-order chi connectivity index (χ0) is 22.8. The van der Waals surface area contributed by atoms with Crippen LogP contribution in [0.3, 0.4) is 0 Å². The highest BCUT2D eigenvalue weighted by Gasteiger charge is 2.35. The number of aliphatic carboxylic acids is 1. The number of benzene rings is 2. The first-order chi connectivity index (χ1) is 15.4. The SMILES string of the molecule is CC(NC(=O)OCC1c2ccccc2-c2ccccc21)C(C)C(=O)N1CCC(C(=O)O)C1. The molecule has 0 saturated carbocycles. The second-order valence-electron chi connectivity index (χ2n) is 8.66. The molecule has 4 rings (SSSR count). The molecule has 1 saturated heterocycles. The van der Waals surface area contributed by atoms with Gasteiger partial charge in [-0.25, -0.2) is 4.79 Å². The molecule has 7 heteroatoms. The maximum Gasteiger partial charge on any atom is 0.407 e. The number of carbonyl (C=O) groups is 3. The van der Waals surface area contributed by atoms with Crippen LogP contribution in [-0.2, 0) is 14.3 Å². The van der Waals surface area contributed by atoms with Crippen LogP contribution in [0, 0.1) is 11.8 Å². The van der Waals surface area contributed by atoms with Crippen molar-refractivity contribution in [1.82, 2.24) is 10.2 Å². The highest BCUT2D eigenvalue weighted by Crippen LogP contribution is 2.44. The average Bonchev–Trinajstić information content (AvgIpc) is 3.40. The van der Waals surface area contributed by atoms with Gasteiger partial charge in [0, 0.05) is 25.0 Å². The van der Waals surface area contributed by atoms with Crippen LogP contribution in [0.15, 0.2) is 48.5 Å². The summed E-state index contributed by atoms with van der Waals surface area (Å²) in [6, 6.07) is 15.8. The molecule has 0 bridgehead atoms. The van der Waals surface area contributed by atoms with E-state index < -0.39 is 29.9 Å². The summed E-state index contributed by atoms with van der Waals surface area (Å²) in [6.07, 6.45) is -0.106. The first kappa shape index (κ1) is 21.9. The molecular formula is C25H28N2O5. The molecule has 3 unspecified atom stereocenters. The molecule has 32 heavy (non-hydrogen) atoms. The number of hydrogen-bond acceptors (Lipinski definition) is 4. The van der Waals surface area contributed by atoms with Gasteiger partial charge in [-0.15, -0.1) is 0 Å². The number of carbonyl (C=O) groups excluding carboxylic acids is 2. The number of amides is 2. The maximum absolute atomic E-state index is 12.7. The summed E-state index contributed by atoms with van der Waals surface area (Å²) in [6.45, 7) is 4.36. The summed E-state index contributed by atoms with van der Waals surface area (Å²) in [5.74, 6) is -2.06. The Kier molecular flexibility index (Phi) is 6.17. The van der Waals surface area contributed by atoms with Gasteiger partial charge in [0.25, 0.3) is 0 Å². The Hall–Kier alpha value is -3.35. The van der Waals surface area contributed by atoms with E-state index in [1.54, 1.807) is 18.7 Å². The van der Waals surface area contributed by atoms with Gasteiger partial charge < -0.3 is 20.1 Å². The summed E-state index contributed by atoms with van der Waals surface area (Å²) >= 11 is 0. The van der Waals surface area contributed by atoms with Crippen LogP contribution in [-0.4, -0.2) is 53.7 Å². The molecule has 0 aromatic heterocycles. The number of carboxylic acids is 1. The van der Waals surface area contributed by atoms with E-state index in [-0.39, 0.29) is 25.0 Å². The minimum atomic E-state index is -0.877. The number of ether oxygens (including phenoxy) is 1. The summed E-state index contributed by atoms with van der Waals surface area (Å²) in [5, 5.41) is 11.9. The second-order valence-corrected chi connectivity index (χ2v) is 8.66. The van der Waals surface area contributed by atoms with Crippen molar-refractivity contribution in [3.63, 3.8) is 0 Å². The number of hydrogen-bond donors (Lipinski definition) is 2. The Morgan fingerprint density at radius 1 is 1.06 bits per heavy atom. The monoisotopic (exact) mass is 436 g/mol. The summed E-state index contributed by atoms with van der Waals surface area (Å²) in [7, 11) is 0. The fourth-order valence-electron chi connectivity index (χ4n) is 4.61. The van der Waals surface area contributed by atoms with E-state index in [4.69, 9.17) is 9.84 Å². The third kappa shape index (κ3) is 4.20. The summed E-state index contributed by atoms with van der Waals surface area (Å²) in [5.41, 5.74) is 4.60. The van der Waals surface area contributed by atoms with Crippen molar-refractivity contribution in [2.75, 3.05) is 19.7 Å². The molecule has 3 atom stereocenters. The number of nitrogens with one attached hydrogen (secondary N) is 1. The summed E-state index contributed by atoms with van der Waals surface area (Å²) in [4.78, 5) is 37.9. The number of likely N-dealkylation sites (tertiary alicyclic amines) is 1. The predicted octanol–water partition coefficient (Wildman–Crippen LogP) is 3.48. The van der Waals surface area contributed by atoms with Gasteiger partial charge in [-0.2, -0.15) is 0 Å². The third-order valence-corrected chi connectivity index (χ3v) is 6.68. The van der Waals surface area contributed by atoms with Crippen LogP contribution in [0.2, 0.25) is 0 Å². The van der Waals surface area contributed by atoms with Crippen molar-refractivity contribution in [2.24, 2.45) is 11.8 Å². The highest BCUT2D eigenvalue weighted by atomic mass is 16.5. The molecule has 1 heterocycles. The van der Waals surface area contributed by atoms with E-state index in [1.807, 2.05) is 24.3 Å². The first-order valence-corrected chi connectivity index (χ1v) is 11.0. The first-order valence-electron chi connectivity index (χ1n) is 11.0. The molecule has 0 spiro atoms. The largest absolute Gasteiger partial charge is 0.481 e. The van der Waals surface area contributed by atoms with Crippen molar-refractivity contribution in [2.45, 2.75) is 32.2 Å². The molecule has 2 aromatic carbocycles. The van der Waals surface area contributed by atoms with E-state index in [1.165, 1.54) is 0 Å². The third-order valence-electron chi connectivity index (χ3n) is 6.68. The van der Waals surface area contributed by atoms with Crippen LogP contribution < -0.4 is 5.32 Å². The Balaban J connectivity index is 1.33. The molecule has 2 aliphatic rings. The van der Waals surface area contributed by atoms with Crippen LogP contribution in [0.1, 0.15) is 37.3 Å². The second kappa shape index (κ2) is 9.02. The van der Waals surface area contributed by atoms with Crippen molar-refractivity contribution in [3.05, 3.63) is 59.7 Å². The molecule has 2 amide bonds. The predicted molar refractivity (Wildman–Crippen MR) is 119 cm³/mol. The number of carboxylic acid groups (broad SMARTS) is 1. The smallest absolute Gasteiger partial charge is 0.407 e. The molecule has 7 nitrogen and oxygen atoms in total. The molecule has 2 aromatic rings. The lowest BCUT2D eigenvalue weighted by Crippen LogP contribution is -2.45. The van der Waals surface area contributed by atoms with Gasteiger partial charge in [-0.3, -0.25) is 9.59 Å². The van der Waals surface area contributed by atoms with Crippen molar-refractivity contribution < 1.29 is 24.2 Å². The minimum absolute atomic E-state index is 0.0277. The molecule has 2 N–H and O–H groups in total. The van der Waals surface area contributed by atoms with Crippen molar-refractivity contribution >= 4 is 18.0 Å². The molecule has 0 radical (unpaired) electrons. The maximum atomic E-state index is 12.7. The van der Waals surface area contributed by atoms with E-state index in [9.17, 15) is 14.4 Å². The van der Waals surface area contributed by atoms with Gasteiger partial charge in [-0.05, 0) is 35.6 Å². The Morgan fingerprint density at radius 3 is 2.22 bits per heavy atom. The van der Waals surface area contributed by atoms with Gasteiger partial charge >= 0.3 is 12.1 Å². The van der Waals surface area contributed by atoms with Crippen molar-refractivity contribution in [1.29, 1.82) is 0 Å². The Labute approximate surface area is 187 Å². The van der Waals surface area contributed by atoms with Gasteiger partial charge in [-0.1, -0.05) is 55.5 Å². The van der Waals surface area contributed by atoms with Crippen LogP contribution in [0.4, 0.5) is 4.79 Å². The average molecular weight is 437 g/mol. The van der Waals surface area contributed by atoms with Crippen molar-refractivity contribution in [3.8, 4) is 11.1 Å². The van der Waals surface area contributed by atoms with Gasteiger partial charge in [0.2, 0.25) is 5.91 Å². The molecule has 1 aliphatic carbocycles. The number of fused-ring (bicyclic) bond motifs is 3. The summed E-state index contributed by atoms with van der Waals surface area (Å²) < 4.78 is 5.56. The van der Waals surface area contributed by atoms with Crippen LogP contribution in [0.25, 0.3) is 11.1 Å². The fraction of sp³-hybridized carbons (Fsp3) is 0.400. The normalized spacial score (nSPS) is 19.1.